The van der Waals surface area contributed by atoms with Gasteiger partial charge in [-0.1, -0.05) is 68.7 Å². The highest BCUT2D eigenvalue weighted by atomic mass is 32.2. The van der Waals surface area contributed by atoms with Crippen molar-refractivity contribution in [1.29, 1.82) is 0 Å². The SMILES string of the molecule is CCCCCC(O)c1cccc(COc2cccc3nc(S(=O)(=O)CC)sc23)c1. The molecule has 0 bridgehead atoms. The van der Waals surface area contributed by atoms with Crippen LogP contribution < -0.4 is 4.74 Å². The minimum atomic E-state index is -3.34. The maximum Gasteiger partial charge on any atom is 0.210 e. The molecule has 0 saturated heterocycles. The molecule has 0 spiro atoms. The standard InChI is InChI=1S/C22H27NO4S2/c1-3-5-6-12-19(24)17-10-7-9-16(14-17)15-27-20-13-8-11-18-21(20)28-22(23-18)29(25,26)4-2/h7-11,13-14,19,24H,3-6,12,15H2,1-2H3. The van der Waals surface area contributed by atoms with E-state index in [0.717, 1.165) is 52.8 Å². The van der Waals surface area contributed by atoms with Crippen molar-refractivity contribution in [2.75, 3.05) is 5.75 Å². The second-order valence-electron chi connectivity index (χ2n) is 7.03. The van der Waals surface area contributed by atoms with Crippen LogP contribution in [0.2, 0.25) is 0 Å². The number of aliphatic hydroxyl groups is 1. The van der Waals surface area contributed by atoms with Gasteiger partial charge in [0.15, 0.2) is 0 Å². The van der Waals surface area contributed by atoms with Crippen molar-refractivity contribution in [3.63, 3.8) is 0 Å². The van der Waals surface area contributed by atoms with Gasteiger partial charge in [0.05, 0.1) is 22.1 Å². The van der Waals surface area contributed by atoms with E-state index in [0.29, 0.717) is 17.9 Å². The zero-order chi connectivity index (χ0) is 20.9. The molecular formula is C22H27NO4S2. The summed E-state index contributed by atoms with van der Waals surface area (Å²) in [7, 11) is -3.34. The molecule has 1 aromatic heterocycles. The Morgan fingerprint density at radius 2 is 1.93 bits per heavy atom. The van der Waals surface area contributed by atoms with Gasteiger partial charge in [0.25, 0.3) is 0 Å². The molecule has 1 unspecified atom stereocenters. The van der Waals surface area contributed by atoms with E-state index in [-0.39, 0.29) is 10.1 Å². The molecule has 0 radical (unpaired) electrons. The second-order valence-corrected chi connectivity index (χ2v) is 10.5. The number of aromatic nitrogens is 1. The Labute approximate surface area is 176 Å². The summed E-state index contributed by atoms with van der Waals surface area (Å²) < 4.78 is 31.1. The summed E-state index contributed by atoms with van der Waals surface area (Å²) in [6.45, 7) is 4.10. The molecule has 0 aliphatic heterocycles. The van der Waals surface area contributed by atoms with Gasteiger partial charge in [-0.25, -0.2) is 13.4 Å². The zero-order valence-corrected chi connectivity index (χ0v) is 18.4. The molecule has 5 nitrogen and oxygen atoms in total. The highest BCUT2D eigenvalue weighted by molar-refractivity contribution is 7.93. The molecule has 0 saturated carbocycles. The number of hydrogen-bond donors (Lipinski definition) is 1. The fourth-order valence-electron chi connectivity index (χ4n) is 3.08. The van der Waals surface area contributed by atoms with E-state index in [9.17, 15) is 13.5 Å². The lowest BCUT2D eigenvalue weighted by Crippen LogP contribution is -2.02. The number of benzene rings is 2. The summed E-state index contributed by atoms with van der Waals surface area (Å²) in [6, 6.07) is 13.2. The Balaban J connectivity index is 1.75. The van der Waals surface area contributed by atoms with E-state index in [1.807, 2.05) is 36.4 Å². The summed E-state index contributed by atoms with van der Waals surface area (Å²) in [5, 5.41) is 10.4. The largest absolute Gasteiger partial charge is 0.487 e. The Hall–Kier alpha value is -1.96. The van der Waals surface area contributed by atoms with Gasteiger partial charge in [0.1, 0.15) is 12.4 Å². The lowest BCUT2D eigenvalue weighted by Gasteiger charge is -2.13. The molecule has 3 aromatic rings. The zero-order valence-electron chi connectivity index (χ0n) is 16.8. The van der Waals surface area contributed by atoms with Crippen molar-refractivity contribution in [1.82, 2.24) is 4.98 Å². The smallest absolute Gasteiger partial charge is 0.210 e. The number of nitrogens with zero attached hydrogens (tertiary/aromatic N) is 1. The van der Waals surface area contributed by atoms with E-state index in [4.69, 9.17) is 4.74 Å². The average Bonchev–Trinajstić information content (AvgIpc) is 3.18. The van der Waals surface area contributed by atoms with Crippen molar-refractivity contribution in [2.24, 2.45) is 0 Å². The first-order valence-electron chi connectivity index (χ1n) is 9.96. The van der Waals surface area contributed by atoms with Gasteiger partial charge in [0.2, 0.25) is 14.2 Å². The highest BCUT2D eigenvalue weighted by Gasteiger charge is 2.19. The third kappa shape index (κ3) is 5.35. The molecule has 156 valence electrons. The molecule has 0 aliphatic carbocycles. The Kier molecular flexibility index (Phi) is 7.27. The molecule has 1 heterocycles. The maximum atomic E-state index is 12.1. The first kappa shape index (κ1) is 21.7. The molecule has 3 rings (SSSR count). The molecule has 29 heavy (non-hydrogen) atoms. The monoisotopic (exact) mass is 433 g/mol. The molecule has 2 aromatic carbocycles. The molecule has 0 fully saturated rings. The van der Waals surface area contributed by atoms with Crippen LogP contribution in [0.3, 0.4) is 0 Å². The van der Waals surface area contributed by atoms with Gasteiger partial charge < -0.3 is 9.84 Å². The Bertz CT molecular complexity index is 1060. The second kappa shape index (κ2) is 9.69. The van der Waals surface area contributed by atoms with Crippen molar-refractivity contribution >= 4 is 31.4 Å². The number of sulfone groups is 1. The first-order valence-corrected chi connectivity index (χ1v) is 12.4. The average molecular weight is 434 g/mol. The molecule has 1 N–H and O–H groups in total. The molecule has 0 aliphatic rings. The fourth-order valence-corrected chi connectivity index (χ4v) is 5.44. The van der Waals surface area contributed by atoms with Crippen LogP contribution in [0.1, 0.15) is 56.8 Å². The van der Waals surface area contributed by atoms with Gasteiger partial charge in [0, 0.05) is 0 Å². The quantitative estimate of drug-likeness (QED) is 0.440. The van der Waals surface area contributed by atoms with E-state index < -0.39 is 15.9 Å². The number of aliphatic hydroxyl groups excluding tert-OH is 1. The van der Waals surface area contributed by atoms with Crippen molar-refractivity contribution in [3.05, 3.63) is 53.6 Å². The maximum absolute atomic E-state index is 12.1. The minimum Gasteiger partial charge on any atom is -0.487 e. The molecule has 0 amide bonds. The predicted molar refractivity (Wildman–Crippen MR) is 117 cm³/mol. The van der Waals surface area contributed by atoms with Gasteiger partial charge in [-0.15, -0.1) is 0 Å². The third-order valence-corrected chi connectivity index (χ3v) is 8.09. The lowest BCUT2D eigenvalue weighted by molar-refractivity contribution is 0.163. The van der Waals surface area contributed by atoms with Crippen LogP contribution in [0.4, 0.5) is 0 Å². The summed E-state index contributed by atoms with van der Waals surface area (Å²) in [4.78, 5) is 4.26. The summed E-state index contributed by atoms with van der Waals surface area (Å²) >= 11 is 1.15. The van der Waals surface area contributed by atoms with Crippen molar-refractivity contribution in [2.45, 2.75) is 56.6 Å². The van der Waals surface area contributed by atoms with Gasteiger partial charge >= 0.3 is 0 Å². The Morgan fingerprint density at radius 3 is 2.69 bits per heavy atom. The summed E-state index contributed by atoms with van der Waals surface area (Å²) in [5.74, 6) is 0.641. The van der Waals surface area contributed by atoms with Gasteiger partial charge in [-0.2, -0.15) is 0 Å². The van der Waals surface area contributed by atoms with Crippen molar-refractivity contribution < 1.29 is 18.3 Å². The molecule has 1 atom stereocenters. The molecule has 7 heteroatoms. The highest BCUT2D eigenvalue weighted by Crippen LogP contribution is 2.34. The topological polar surface area (TPSA) is 76.5 Å². The van der Waals surface area contributed by atoms with Gasteiger partial charge in [-0.3, -0.25) is 0 Å². The fraction of sp³-hybridized carbons (Fsp3) is 0.409. The van der Waals surface area contributed by atoms with Crippen LogP contribution in [0.15, 0.2) is 46.8 Å². The number of fused-ring (bicyclic) bond motifs is 1. The number of thiazole rings is 1. The predicted octanol–water partition coefficient (Wildman–Crippen LogP) is 5.28. The van der Waals surface area contributed by atoms with Crippen LogP contribution in [-0.2, 0) is 16.4 Å². The van der Waals surface area contributed by atoms with Crippen LogP contribution >= 0.6 is 11.3 Å². The third-order valence-electron chi connectivity index (χ3n) is 4.82. The molecular weight excluding hydrogens is 406 g/mol. The summed E-state index contributed by atoms with van der Waals surface area (Å²) in [5.41, 5.74) is 2.48. The van der Waals surface area contributed by atoms with E-state index in [1.165, 1.54) is 0 Å². The lowest BCUT2D eigenvalue weighted by atomic mass is 10.0. The van der Waals surface area contributed by atoms with Crippen LogP contribution in [0.25, 0.3) is 10.2 Å². The number of ether oxygens (including phenoxy) is 1. The van der Waals surface area contributed by atoms with Crippen molar-refractivity contribution in [3.8, 4) is 5.75 Å². The van der Waals surface area contributed by atoms with E-state index in [1.54, 1.807) is 13.0 Å². The van der Waals surface area contributed by atoms with Crippen LogP contribution in [0, 0.1) is 0 Å². The van der Waals surface area contributed by atoms with Crippen LogP contribution in [-0.4, -0.2) is 24.3 Å². The first-order chi connectivity index (χ1) is 13.9. The number of unbranched alkanes of at least 4 members (excludes halogenated alkanes) is 2. The van der Waals surface area contributed by atoms with E-state index >= 15 is 0 Å². The van der Waals surface area contributed by atoms with Gasteiger partial charge in [-0.05, 0) is 35.7 Å². The normalized spacial score (nSPS) is 12.9. The number of hydrogen-bond acceptors (Lipinski definition) is 6. The van der Waals surface area contributed by atoms with E-state index in [2.05, 4.69) is 11.9 Å². The Morgan fingerprint density at radius 1 is 1.14 bits per heavy atom. The summed E-state index contributed by atoms with van der Waals surface area (Å²) in [6.07, 6.45) is 3.55. The minimum absolute atomic E-state index is 0.0242. The van der Waals surface area contributed by atoms with Crippen LogP contribution in [0.5, 0.6) is 5.75 Å². The number of rotatable bonds is 10.